The molecule has 7 rings (SSSR count). The summed E-state index contributed by atoms with van der Waals surface area (Å²) in [5.41, 5.74) is 24.8. The highest BCUT2D eigenvalue weighted by Gasteiger charge is 2.36. The molecule has 0 atom stereocenters. The van der Waals surface area contributed by atoms with Gasteiger partial charge in [0.1, 0.15) is 36.2 Å². The van der Waals surface area contributed by atoms with Crippen molar-refractivity contribution >= 4 is 34.1 Å². The largest absolute Gasteiger partial charge is 0.506 e. The van der Waals surface area contributed by atoms with Gasteiger partial charge in [0.15, 0.2) is 0 Å². The van der Waals surface area contributed by atoms with Crippen LogP contribution < -0.4 is 41.4 Å². The second kappa shape index (κ2) is 15.2. The van der Waals surface area contributed by atoms with Crippen LogP contribution in [0.2, 0.25) is 0 Å². The van der Waals surface area contributed by atoms with E-state index in [2.05, 4.69) is 57.5 Å². The molecule has 49 heavy (non-hydrogen) atoms. The molecule has 0 spiro atoms. The molecule has 3 heterocycles. The van der Waals surface area contributed by atoms with E-state index in [1.54, 1.807) is 30.3 Å². The number of anilines is 6. The molecular weight excluding hydrogens is 618 g/mol. The molecule has 0 fully saturated rings. The monoisotopic (exact) mass is 661 g/mol. The lowest BCUT2D eigenvalue weighted by molar-refractivity contribution is 0.309. The highest BCUT2D eigenvalue weighted by molar-refractivity contribution is 5.81. The maximum atomic E-state index is 10.9. The minimum atomic E-state index is 0.0733. The minimum Gasteiger partial charge on any atom is -0.506 e. The summed E-state index contributed by atoms with van der Waals surface area (Å²) >= 11 is 0. The standard InChI is InChI=1S/C23H26N4O2.C9H9NO.C6H8N2O/c1-4-8-29-18-6-7-20-16(9-18)12-27-15-26(20)13-19-22-17(10-21(28)23(19)27)11-24(3)14-25(22)5-2;1-2-7-11-9-5-3-8(10)4-6-9;7-4-1-2-6(9)5(8)3-4/h1,6-7,9-10,28H,5,8,11-15H2,2-3H3;1,3-6H,7,10H2;1-3,9H,7-8H2. The molecule has 4 aromatic rings. The molecule has 0 aliphatic carbocycles. The van der Waals surface area contributed by atoms with Crippen molar-refractivity contribution in [2.24, 2.45) is 0 Å². The number of hydrogen-bond acceptors (Lipinski definition) is 11. The molecule has 0 aromatic heterocycles. The topological polar surface area (TPSA) is 150 Å². The number of rotatable bonds is 5. The second-order valence-electron chi connectivity index (χ2n) is 11.9. The SMILES string of the molecule is C#CCOc1ccc(N)cc1.C#CCOc1ccc2c(c1)CN1CN2Cc2c1c(O)cc1c2N(CC)CN(C)C1.Nc1ccc(O)c(N)c1. The Hall–Kier alpha value is -6.04. The van der Waals surface area contributed by atoms with Crippen LogP contribution in [-0.2, 0) is 19.6 Å². The fourth-order valence-electron chi connectivity index (χ4n) is 6.23. The molecule has 0 amide bonds. The Kier molecular flexibility index (Phi) is 10.7. The summed E-state index contributed by atoms with van der Waals surface area (Å²) in [5, 5.41) is 19.8. The van der Waals surface area contributed by atoms with Gasteiger partial charge in [-0.15, -0.1) is 12.8 Å². The molecule has 8 N–H and O–H groups in total. The number of phenolic OH excluding ortho intramolecular Hbond substituents is 2. The van der Waals surface area contributed by atoms with Gasteiger partial charge in [-0.05, 0) is 91.8 Å². The number of hydrogen-bond donors (Lipinski definition) is 5. The fourth-order valence-corrected chi connectivity index (χ4v) is 6.23. The molecule has 254 valence electrons. The molecule has 0 radical (unpaired) electrons. The van der Waals surface area contributed by atoms with Gasteiger partial charge in [0, 0.05) is 54.5 Å². The third-order valence-corrected chi connectivity index (χ3v) is 8.32. The number of fused-ring (bicyclic) bond motifs is 8. The van der Waals surface area contributed by atoms with Crippen molar-refractivity contribution in [3.05, 3.63) is 83.4 Å². The summed E-state index contributed by atoms with van der Waals surface area (Å²) in [5.74, 6) is 6.89. The van der Waals surface area contributed by atoms with Crippen LogP contribution in [0.25, 0.3) is 0 Å². The number of aromatic hydroxyl groups is 2. The quantitative estimate of drug-likeness (QED) is 0.0872. The Bertz CT molecular complexity index is 1870. The van der Waals surface area contributed by atoms with Gasteiger partial charge in [-0.1, -0.05) is 11.8 Å². The molecule has 3 aliphatic rings. The van der Waals surface area contributed by atoms with Crippen molar-refractivity contribution in [2.45, 2.75) is 26.6 Å². The number of benzene rings is 4. The van der Waals surface area contributed by atoms with E-state index in [0.29, 0.717) is 23.7 Å². The lowest BCUT2D eigenvalue weighted by Crippen LogP contribution is -2.48. The first-order valence-electron chi connectivity index (χ1n) is 15.9. The number of nitrogen functional groups attached to an aromatic ring is 3. The second-order valence-corrected chi connectivity index (χ2v) is 11.9. The summed E-state index contributed by atoms with van der Waals surface area (Å²) in [6.45, 7) is 7.79. The Morgan fingerprint density at radius 3 is 2.04 bits per heavy atom. The van der Waals surface area contributed by atoms with Crippen LogP contribution in [0.15, 0.2) is 66.7 Å². The molecule has 0 saturated heterocycles. The van der Waals surface area contributed by atoms with E-state index in [4.69, 9.17) is 44.6 Å². The third-order valence-electron chi connectivity index (χ3n) is 8.32. The van der Waals surface area contributed by atoms with Crippen molar-refractivity contribution in [2.75, 3.05) is 72.0 Å². The van der Waals surface area contributed by atoms with Crippen LogP contribution in [-0.4, -0.2) is 55.3 Å². The zero-order valence-electron chi connectivity index (χ0n) is 27.9. The maximum Gasteiger partial charge on any atom is 0.148 e. The van der Waals surface area contributed by atoms with Crippen LogP contribution in [0.4, 0.5) is 34.1 Å². The van der Waals surface area contributed by atoms with Crippen molar-refractivity contribution in [3.8, 4) is 47.7 Å². The Morgan fingerprint density at radius 1 is 0.714 bits per heavy atom. The van der Waals surface area contributed by atoms with E-state index in [1.165, 1.54) is 40.2 Å². The first-order chi connectivity index (χ1) is 23.6. The third kappa shape index (κ3) is 7.92. The van der Waals surface area contributed by atoms with Crippen LogP contribution in [0.3, 0.4) is 0 Å². The van der Waals surface area contributed by atoms with E-state index in [-0.39, 0.29) is 12.4 Å². The van der Waals surface area contributed by atoms with Gasteiger partial charge in [-0.3, -0.25) is 4.90 Å². The molecular formula is C38H43N7O4. The fraction of sp³-hybridized carbons (Fsp3) is 0.263. The average Bonchev–Trinajstić information content (AvgIpc) is 3.08. The molecule has 0 saturated carbocycles. The lowest BCUT2D eigenvalue weighted by atomic mass is 9.95. The molecule has 0 unspecified atom stereocenters. The van der Waals surface area contributed by atoms with Crippen LogP contribution in [0, 0.1) is 24.7 Å². The number of nitrogens with two attached hydrogens (primary N) is 3. The Balaban J connectivity index is 0.000000191. The lowest BCUT2D eigenvalue weighted by Gasteiger charge is -2.47. The molecule has 11 heteroatoms. The van der Waals surface area contributed by atoms with Gasteiger partial charge in [-0.2, -0.15) is 0 Å². The van der Waals surface area contributed by atoms with Crippen LogP contribution in [0.5, 0.6) is 23.0 Å². The molecule has 2 bridgehead atoms. The summed E-state index contributed by atoms with van der Waals surface area (Å²) in [6.07, 6.45) is 10.3. The van der Waals surface area contributed by atoms with Crippen molar-refractivity contribution in [1.29, 1.82) is 0 Å². The molecule has 11 nitrogen and oxygen atoms in total. The van der Waals surface area contributed by atoms with Crippen LogP contribution >= 0.6 is 0 Å². The van der Waals surface area contributed by atoms with Gasteiger partial charge < -0.3 is 51.6 Å². The summed E-state index contributed by atoms with van der Waals surface area (Å²) in [6, 6.07) is 19.8. The molecule has 4 aromatic carbocycles. The maximum absolute atomic E-state index is 10.9. The van der Waals surface area contributed by atoms with Crippen molar-refractivity contribution in [1.82, 2.24) is 4.90 Å². The van der Waals surface area contributed by atoms with Gasteiger partial charge in [0.2, 0.25) is 0 Å². The van der Waals surface area contributed by atoms with Gasteiger partial charge in [0.05, 0.1) is 24.7 Å². The van der Waals surface area contributed by atoms with Gasteiger partial charge >= 0.3 is 0 Å². The van der Waals surface area contributed by atoms with Gasteiger partial charge in [-0.25, -0.2) is 0 Å². The smallest absolute Gasteiger partial charge is 0.148 e. The normalized spacial score (nSPS) is 13.9. The summed E-state index contributed by atoms with van der Waals surface area (Å²) in [7, 11) is 2.12. The van der Waals surface area contributed by atoms with E-state index in [9.17, 15) is 5.11 Å². The average molecular weight is 662 g/mol. The van der Waals surface area contributed by atoms with E-state index in [0.717, 1.165) is 62.4 Å². The van der Waals surface area contributed by atoms with E-state index < -0.39 is 0 Å². The Morgan fingerprint density at radius 2 is 1.39 bits per heavy atom. The predicted octanol–water partition coefficient (Wildman–Crippen LogP) is 4.77. The zero-order valence-corrected chi connectivity index (χ0v) is 27.9. The number of terminal acetylenes is 2. The first kappa shape index (κ1) is 34.3. The number of phenols is 2. The minimum absolute atomic E-state index is 0.0733. The first-order valence-corrected chi connectivity index (χ1v) is 15.9. The highest BCUT2D eigenvalue weighted by Crippen LogP contribution is 2.49. The van der Waals surface area contributed by atoms with Crippen LogP contribution in [0.1, 0.15) is 23.6 Å². The summed E-state index contributed by atoms with van der Waals surface area (Å²) in [4.78, 5) is 9.36. The Labute approximate surface area is 288 Å². The molecule has 3 aliphatic heterocycles. The van der Waals surface area contributed by atoms with E-state index in [1.807, 2.05) is 12.1 Å². The van der Waals surface area contributed by atoms with Gasteiger partial charge in [0.25, 0.3) is 0 Å². The highest BCUT2D eigenvalue weighted by atomic mass is 16.5. The zero-order chi connectivity index (χ0) is 35.1. The predicted molar refractivity (Wildman–Crippen MR) is 198 cm³/mol. The number of ether oxygens (including phenoxy) is 2. The van der Waals surface area contributed by atoms with Crippen molar-refractivity contribution in [3.63, 3.8) is 0 Å². The number of nitrogens with zero attached hydrogens (tertiary/aromatic N) is 4. The van der Waals surface area contributed by atoms with Crippen molar-refractivity contribution < 1.29 is 19.7 Å². The van der Waals surface area contributed by atoms with E-state index >= 15 is 0 Å². The summed E-state index contributed by atoms with van der Waals surface area (Å²) < 4.78 is 10.7.